The molecule has 2 aliphatic heterocycles. The minimum Gasteiger partial charge on any atom is -0.465 e. The lowest BCUT2D eigenvalue weighted by atomic mass is 9.99. The van der Waals surface area contributed by atoms with E-state index in [1.165, 1.54) is 12.0 Å². The molecule has 1 aromatic rings. The molecular formula is C15H18BrF4N3O2S. The van der Waals surface area contributed by atoms with E-state index < -0.39 is 55.8 Å². The summed E-state index contributed by atoms with van der Waals surface area (Å²) in [6, 6.07) is -1.48. The van der Waals surface area contributed by atoms with Gasteiger partial charge < -0.3 is 20.7 Å². The number of rotatable bonds is 4. The van der Waals surface area contributed by atoms with Crippen LogP contribution in [0.4, 0.5) is 23.2 Å². The molecule has 0 aliphatic carbocycles. The van der Waals surface area contributed by atoms with Gasteiger partial charge in [0.15, 0.2) is 0 Å². The highest BCUT2D eigenvalue weighted by Gasteiger charge is 2.45. The van der Waals surface area contributed by atoms with Crippen molar-refractivity contribution >= 4 is 38.9 Å². The molecule has 26 heavy (non-hydrogen) atoms. The average molecular weight is 460 g/mol. The maximum atomic E-state index is 14.2. The minimum atomic E-state index is -3.02. The Labute approximate surface area is 160 Å². The normalized spacial score (nSPS) is 25.0. The Kier molecular flexibility index (Phi) is 5.28. The molecule has 0 aromatic carbocycles. The molecule has 2 atom stereocenters. The Bertz CT molecular complexity index is 715. The van der Waals surface area contributed by atoms with Gasteiger partial charge in [-0.1, -0.05) is 0 Å². The van der Waals surface area contributed by atoms with Crippen molar-refractivity contribution in [3.05, 3.63) is 14.2 Å². The van der Waals surface area contributed by atoms with Gasteiger partial charge in [0.2, 0.25) is 0 Å². The van der Waals surface area contributed by atoms with Crippen LogP contribution in [0.1, 0.15) is 21.7 Å². The van der Waals surface area contributed by atoms with Gasteiger partial charge in [0.05, 0.1) is 29.7 Å². The third-order valence-electron chi connectivity index (χ3n) is 4.56. The predicted molar refractivity (Wildman–Crippen MR) is 93.6 cm³/mol. The van der Waals surface area contributed by atoms with Crippen LogP contribution < -0.4 is 16.0 Å². The first kappa shape index (κ1) is 19.8. The molecule has 1 fully saturated rings. The Hall–Kier alpha value is -0.910. The third kappa shape index (κ3) is 3.85. The number of thiophene rings is 1. The molecule has 0 saturated carbocycles. The standard InChI is InChI=1S/C15H18BrF4N3O2S/c1-25-13(24)11-10-7(12(16)26-11)2-15(19,20)6-23(10)4-8(21)9-3-14(17,18)5-22-9/h8-9,22H,2-6,21H2,1H3/t8?,9-/m0/s1. The van der Waals surface area contributed by atoms with Crippen molar-refractivity contribution in [3.63, 3.8) is 0 Å². The number of nitrogens with two attached hydrogens (primary N) is 1. The van der Waals surface area contributed by atoms with Crippen molar-refractivity contribution in [1.82, 2.24) is 5.32 Å². The number of hydrogen-bond donors (Lipinski definition) is 2. The second-order valence-electron chi connectivity index (χ2n) is 6.65. The summed E-state index contributed by atoms with van der Waals surface area (Å²) in [5.74, 6) is -6.51. The lowest BCUT2D eigenvalue weighted by Crippen LogP contribution is -2.53. The van der Waals surface area contributed by atoms with E-state index in [4.69, 9.17) is 10.5 Å². The Morgan fingerprint density at radius 1 is 1.46 bits per heavy atom. The van der Waals surface area contributed by atoms with Crippen LogP contribution in [0, 0.1) is 0 Å². The fourth-order valence-corrected chi connectivity index (χ4v) is 5.21. The Morgan fingerprint density at radius 2 is 2.15 bits per heavy atom. The topological polar surface area (TPSA) is 67.6 Å². The van der Waals surface area contributed by atoms with Crippen LogP contribution in [-0.2, 0) is 11.2 Å². The summed E-state index contributed by atoms with van der Waals surface area (Å²) in [7, 11) is 1.21. The maximum Gasteiger partial charge on any atom is 0.350 e. The number of nitrogens with zero attached hydrogens (tertiary/aromatic N) is 1. The molecule has 0 amide bonds. The molecule has 3 heterocycles. The van der Waals surface area contributed by atoms with E-state index in [-0.39, 0.29) is 11.4 Å². The molecule has 3 N–H and O–H groups in total. The van der Waals surface area contributed by atoms with Gasteiger partial charge in [-0.05, 0) is 15.9 Å². The quantitative estimate of drug-likeness (QED) is 0.535. The number of anilines is 1. The zero-order valence-corrected chi connectivity index (χ0v) is 16.2. The zero-order valence-electron chi connectivity index (χ0n) is 13.8. The van der Waals surface area contributed by atoms with Gasteiger partial charge in [-0.15, -0.1) is 11.3 Å². The van der Waals surface area contributed by atoms with Crippen molar-refractivity contribution in [3.8, 4) is 0 Å². The Balaban J connectivity index is 1.89. The molecule has 1 aromatic heterocycles. The van der Waals surface area contributed by atoms with Gasteiger partial charge in [-0.3, -0.25) is 0 Å². The van der Waals surface area contributed by atoms with Gasteiger partial charge >= 0.3 is 5.97 Å². The SMILES string of the molecule is COC(=O)c1sc(Br)c2c1N(CC(N)[C@@H]1CC(F)(F)CN1)CC(F)(F)C2. The smallest absolute Gasteiger partial charge is 0.350 e. The number of fused-ring (bicyclic) bond motifs is 1. The number of hydrogen-bond acceptors (Lipinski definition) is 6. The van der Waals surface area contributed by atoms with Crippen molar-refractivity contribution in [2.75, 3.05) is 31.6 Å². The highest BCUT2D eigenvalue weighted by atomic mass is 79.9. The lowest BCUT2D eigenvalue weighted by Gasteiger charge is -2.37. The number of carbonyl (C=O) groups is 1. The van der Waals surface area contributed by atoms with Gasteiger partial charge in [-0.25, -0.2) is 22.4 Å². The molecule has 1 unspecified atom stereocenters. The summed E-state index contributed by atoms with van der Waals surface area (Å²) in [6.07, 6.45) is -0.954. The minimum absolute atomic E-state index is 0.0799. The fraction of sp³-hybridized carbons (Fsp3) is 0.667. The first-order valence-corrected chi connectivity index (χ1v) is 9.53. The number of halogens is 5. The number of esters is 1. The molecule has 146 valence electrons. The van der Waals surface area contributed by atoms with Gasteiger partial charge in [0.25, 0.3) is 11.8 Å². The first-order chi connectivity index (χ1) is 12.0. The number of alkyl halides is 4. The zero-order chi connectivity index (χ0) is 19.3. The average Bonchev–Trinajstić information content (AvgIpc) is 3.06. The summed E-state index contributed by atoms with van der Waals surface area (Å²) in [5, 5.41) is 2.65. The van der Waals surface area contributed by atoms with Gasteiger partial charge in [0, 0.05) is 37.0 Å². The number of ether oxygens (including phenoxy) is 1. The van der Waals surface area contributed by atoms with Crippen LogP contribution in [-0.4, -0.2) is 56.6 Å². The van der Waals surface area contributed by atoms with E-state index in [1.54, 1.807) is 0 Å². The number of nitrogens with one attached hydrogen (secondary N) is 1. The monoisotopic (exact) mass is 459 g/mol. The molecule has 0 radical (unpaired) electrons. The van der Waals surface area contributed by atoms with E-state index in [1.807, 2.05) is 0 Å². The molecule has 2 aliphatic rings. The van der Waals surface area contributed by atoms with Crippen LogP contribution in [0.2, 0.25) is 0 Å². The maximum absolute atomic E-state index is 14.2. The largest absolute Gasteiger partial charge is 0.465 e. The van der Waals surface area contributed by atoms with Crippen LogP contribution in [0.3, 0.4) is 0 Å². The van der Waals surface area contributed by atoms with Crippen LogP contribution in [0.25, 0.3) is 0 Å². The summed E-state index contributed by atoms with van der Waals surface area (Å²) in [4.78, 5) is 13.6. The molecule has 0 spiro atoms. The summed E-state index contributed by atoms with van der Waals surface area (Å²) >= 11 is 4.25. The molecule has 5 nitrogen and oxygen atoms in total. The van der Waals surface area contributed by atoms with E-state index in [0.717, 1.165) is 11.3 Å². The molecule has 3 rings (SSSR count). The summed E-state index contributed by atoms with van der Waals surface area (Å²) < 4.78 is 60.4. The van der Waals surface area contributed by atoms with Crippen LogP contribution in [0.5, 0.6) is 0 Å². The third-order valence-corrected chi connectivity index (χ3v) is 6.52. The first-order valence-electron chi connectivity index (χ1n) is 7.92. The summed E-state index contributed by atoms with van der Waals surface area (Å²) in [5.41, 5.74) is 6.69. The second-order valence-corrected chi connectivity index (χ2v) is 8.99. The van der Waals surface area contributed by atoms with Crippen molar-refractivity contribution in [1.29, 1.82) is 0 Å². The van der Waals surface area contributed by atoms with E-state index >= 15 is 0 Å². The van der Waals surface area contributed by atoms with Gasteiger partial charge in [0.1, 0.15) is 4.88 Å². The molecule has 0 bridgehead atoms. The highest BCUT2D eigenvalue weighted by Crippen LogP contribution is 2.46. The van der Waals surface area contributed by atoms with Crippen LogP contribution >= 0.6 is 27.3 Å². The number of carbonyl (C=O) groups excluding carboxylic acids is 1. The predicted octanol–water partition coefficient (Wildman–Crippen LogP) is 2.62. The van der Waals surface area contributed by atoms with Crippen molar-refractivity contribution in [2.45, 2.75) is 36.8 Å². The van der Waals surface area contributed by atoms with Crippen molar-refractivity contribution < 1.29 is 27.1 Å². The van der Waals surface area contributed by atoms with E-state index in [9.17, 15) is 22.4 Å². The number of methoxy groups -OCH3 is 1. The second kappa shape index (κ2) is 6.92. The molecule has 1 saturated heterocycles. The lowest BCUT2D eigenvalue weighted by molar-refractivity contribution is 0.00434. The van der Waals surface area contributed by atoms with Gasteiger partial charge in [-0.2, -0.15) is 0 Å². The molecular weight excluding hydrogens is 442 g/mol. The van der Waals surface area contributed by atoms with Crippen molar-refractivity contribution in [2.24, 2.45) is 5.73 Å². The molecule has 11 heteroatoms. The fourth-order valence-electron chi connectivity index (χ4n) is 3.41. The van der Waals surface area contributed by atoms with E-state index in [0.29, 0.717) is 15.0 Å². The summed E-state index contributed by atoms with van der Waals surface area (Å²) in [6.45, 7) is -1.20. The Morgan fingerprint density at radius 3 is 2.73 bits per heavy atom. The van der Waals surface area contributed by atoms with Crippen LogP contribution in [0.15, 0.2) is 3.79 Å². The highest BCUT2D eigenvalue weighted by molar-refractivity contribution is 9.11. The van der Waals surface area contributed by atoms with E-state index in [2.05, 4.69) is 21.2 Å².